The molecule has 5 atom stereocenters. The van der Waals surface area contributed by atoms with E-state index in [9.17, 15) is 20.0 Å². The van der Waals surface area contributed by atoms with Crippen molar-refractivity contribution in [3.8, 4) is 11.9 Å². The van der Waals surface area contributed by atoms with E-state index in [1.165, 1.54) is 12.1 Å². The van der Waals surface area contributed by atoms with Gasteiger partial charge in [-0.25, -0.2) is 4.90 Å². The molecule has 3 aliphatic heterocycles. The van der Waals surface area contributed by atoms with Gasteiger partial charge in [0.05, 0.1) is 58.5 Å². The van der Waals surface area contributed by atoms with Gasteiger partial charge in [-0.05, 0) is 42.4 Å². The van der Waals surface area contributed by atoms with Crippen LogP contribution in [0.4, 0.5) is 5.69 Å². The highest BCUT2D eigenvalue weighted by Gasteiger charge is 2.77. The number of benzene rings is 2. The molecule has 2 bridgehead atoms. The van der Waals surface area contributed by atoms with E-state index in [-0.39, 0.29) is 31.0 Å². The van der Waals surface area contributed by atoms with Crippen LogP contribution in [0.1, 0.15) is 25.3 Å². The molecule has 0 aliphatic carbocycles. The topological polar surface area (TPSA) is 152 Å². The summed E-state index contributed by atoms with van der Waals surface area (Å²) in [6, 6.07) is 10.2. The lowest BCUT2D eigenvalue weighted by Gasteiger charge is -2.33. The van der Waals surface area contributed by atoms with Crippen molar-refractivity contribution >= 4 is 62.8 Å². The summed E-state index contributed by atoms with van der Waals surface area (Å²) in [7, 11) is 0. The summed E-state index contributed by atoms with van der Waals surface area (Å²) in [5.74, 6) is -2.37. The van der Waals surface area contributed by atoms with Crippen molar-refractivity contribution < 1.29 is 28.7 Å². The Morgan fingerprint density at radius 1 is 1.24 bits per heavy atom. The minimum absolute atomic E-state index is 0.0960. The van der Waals surface area contributed by atoms with Crippen molar-refractivity contribution in [2.75, 3.05) is 11.5 Å². The molecule has 3 aliphatic rings. The Labute approximate surface area is 223 Å². The molecule has 0 radical (unpaired) electrons. The molecule has 5 heterocycles. The standard InChI is InChI=1S/C25H18ClN5O6S/c1-24-16(32)9-25(37-24,6-7-35-21-13-8-12(26)3-5-15(13)36-28-21)18-17(24)22(33)31(23(18)34)14-4-2-11(10-27)19-20(14)30-38-29-19/h2-5,8,16-18,32H,6-7,9H2,1H3/t16-,17-,18+,24-,25+/m0/s1. The molecule has 0 spiro atoms. The van der Waals surface area contributed by atoms with Gasteiger partial charge >= 0.3 is 0 Å². The summed E-state index contributed by atoms with van der Waals surface area (Å²) >= 11 is 7.00. The summed E-state index contributed by atoms with van der Waals surface area (Å²) in [6.45, 7) is 1.77. The van der Waals surface area contributed by atoms with Crippen LogP contribution in [0.2, 0.25) is 5.02 Å². The maximum Gasteiger partial charge on any atom is 0.262 e. The Bertz CT molecular complexity index is 1720. The average molecular weight is 552 g/mol. The number of hydrogen-bond acceptors (Lipinski definition) is 11. The van der Waals surface area contributed by atoms with Gasteiger partial charge in [-0.2, -0.15) is 14.0 Å². The number of aliphatic hydroxyl groups is 1. The molecule has 38 heavy (non-hydrogen) atoms. The number of imide groups is 1. The summed E-state index contributed by atoms with van der Waals surface area (Å²) in [5, 5.41) is 25.4. The van der Waals surface area contributed by atoms with E-state index >= 15 is 0 Å². The molecule has 11 nitrogen and oxygen atoms in total. The first-order valence-electron chi connectivity index (χ1n) is 11.9. The Morgan fingerprint density at radius 3 is 2.84 bits per heavy atom. The molecular weight excluding hydrogens is 534 g/mol. The zero-order valence-corrected chi connectivity index (χ0v) is 21.3. The molecule has 2 aromatic heterocycles. The van der Waals surface area contributed by atoms with E-state index in [0.29, 0.717) is 32.6 Å². The number of anilines is 1. The summed E-state index contributed by atoms with van der Waals surface area (Å²) in [6.07, 6.45) is -0.550. The summed E-state index contributed by atoms with van der Waals surface area (Å²) in [5.41, 5.74) is -0.633. The van der Waals surface area contributed by atoms with Gasteiger partial charge in [-0.3, -0.25) is 9.59 Å². The van der Waals surface area contributed by atoms with Crippen LogP contribution >= 0.6 is 23.3 Å². The maximum absolute atomic E-state index is 13.9. The lowest BCUT2D eigenvalue weighted by Crippen LogP contribution is -2.49. The molecule has 4 aromatic rings. The van der Waals surface area contributed by atoms with E-state index in [4.69, 9.17) is 25.6 Å². The molecule has 3 fully saturated rings. The number of ether oxygens (including phenoxy) is 2. The number of rotatable bonds is 5. The maximum atomic E-state index is 13.9. The summed E-state index contributed by atoms with van der Waals surface area (Å²) in [4.78, 5) is 28.8. The molecule has 192 valence electrons. The second-order valence-corrected chi connectivity index (χ2v) is 10.9. The Kier molecular flexibility index (Phi) is 4.91. The number of hydrogen-bond donors (Lipinski definition) is 1. The minimum atomic E-state index is -1.24. The van der Waals surface area contributed by atoms with Gasteiger partial charge in [0.2, 0.25) is 11.8 Å². The minimum Gasteiger partial charge on any atom is -0.475 e. The number of amides is 2. The number of nitriles is 1. The second kappa shape index (κ2) is 7.94. The fraction of sp³-hybridized carbons (Fsp3) is 0.360. The van der Waals surface area contributed by atoms with E-state index in [1.54, 1.807) is 25.1 Å². The van der Waals surface area contributed by atoms with Crippen LogP contribution in [0.3, 0.4) is 0 Å². The monoisotopic (exact) mass is 551 g/mol. The number of carbonyl (C=O) groups excluding carboxylic acids is 2. The molecule has 0 unspecified atom stereocenters. The van der Waals surface area contributed by atoms with Crippen LogP contribution in [-0.4, -0.2) is 54.7 Å². The normalized spacial score (nSPS) is 29.9. The Morgan fingerprint density at radius 2 is 2.03 bits per heavy atom. The third kappa shape index (κ3) is 2.98. The molecular formula is C25H18ClN5O6S. The average Bonchev–Trinajstić information content (AvgIpc) is 3.67. The molecule has 2 aromatic carbocycles. The van der Waals surface area contributed by atoms with Gasteiger partial charge in [0, 0.05) is 17.9 Å². The predicted molar refractivity (Wildman–Crippen MR) is 134 cm³/mol. The van der Waals surface area contributed by atoms with Crippen LogP contribution in [0.15, 0.2) is 34.9 Å². The number of carbonyl (C=O) groups is 2. The molecule has 2 amide bonds. The Hall–Kier alpha value is -3.63. The molecule has 13 heteroatoms. The van der Waals surface area contributed by atoms with Crippen molar-refractivity contribution in [3.63, 3.8) is 0 Å². The lowest BCUT2D eigenvalue weighted by molar-refractivity contribution is -0.134. The van der Waals surface area contributed by atoms with Gasteiger partial charge in [0.15, 0.2) is 5.58 Å². The van der Waals surface area contributed by atoms with E-state index in [0.717, 1.165) is 16.6 Å². The quantitative estimate of drug-likeness (QED) is 0.366. The highest BCUT2D eigenvalue weighted by Crippen LogP contribution is 2.62. The van der Waals surface area contributed by atoms with Gasteiger partial charge in [0.25, 0.3) is 5.88 Å². The number of fused-ring (bicyclic) bond motifs is 7. The van der Waals surface area contributed by atoms with Crippen LogP contribution in [0.5, 0.6) is 5.88 Å². The molecule has 3 saturated heterocycles. The first-order chi connectivity index (χ1) is 18.3. The van der Waals surface area contributed by atoms with E-state index < -0.39 is 41.0 Å². The second-order valence-electron chi connectivity index (χ2n) is 9.97. The Balaban J connectivity index is 1.22. The van der Waals surface area contributed by atoms with E-state index in [1.807, 2.05) is 0 Å². The highest BCUT2D eigenvalue weighted by atomic mass is 35.5. The van der Waals surface area contributed by atoms with Crippen molar-refractivity contribution in [2.45, 2.75) is 37.1 Å². The molecule has 1 N–H and O–H groups in total. The van der Waals surface area contributed by atoms with Crippen molar-refractivity contribution in [1.29, 1.82) is 5.26 Å². The first-order valence-corrected chi connectivity index (χ1v) is 13.0. The van der Waals surface area contributed by atoms with E-state index in [2.05, 4.69) is 20.0 Å². The third-order valence-electron chi connectivity index (χ3n) is 8.03. The number of halogens is 1. The predicted octanol–water partition coefficient (Wildman–Crippen LogP) is 3.22. The SMILES string of the molecule is C[C@]12O[C@](CCOc3noc4ccc(Cl)cc34)(C[C@@H]1O)[C@H]1C(=O)N(c3ccc(C#N)c4nsnc34)C(=O)[C@H]12. The first kappa shape index (κ1) is 23.5. The number of aromatic nitrogens is 3. The zero-order valence-electron chi connectivity index (χ0n) is 19.8. The number of aliphatic hydroxyl groups excluding tert-OH is 1. The fourth-order valence-electron chi connectivity index (χ4n) is 6.30. The summed E-state index contributed by atoms with van der Waals surface area (Å²) < 4.78 is 26.0. The van der Waals surface area contributed by atoms with Gasteiger partial charge in [-0.15, -0.1) is 0 Å². The lowest BCUT2D eigenvalue weighted by atomic mass is 9.66. The number of nitrogens with zero attached hydrogens (tertiary/aromatic N) is 5. The van der Waals surface area contributed by atoms with Crippen LogP contribution in [0.25, 0.3) is 22.0 Å². The van der Waals surface area contributed by atoms with Crippen LogP contribution in [-0.2, 0) is 14.3 Å². The smallest absolute Gasteiger partial charge is 0.262 e. The molecule has 0 saturated carbocycles. The van der Waals surface area contributed by atoms with Gasteiger partial charge < -0.3 is 19.1 Å². The fourth-order valence-corrected chi connectivity index (χ4v) is 7.04. The van der Waals surface area contributed by atoms with Gasteiger partial charge in [0.1, 0.15) is 22.7 Å². The van der Waals surface area contributed by atoms with Crippen LogP contribution < -0.4 is 9.64 Å². The van der Waals surface area contributed by atoms with Crippen molar-refractivity contribution in [3.05, 3.63) is 40.9 Å². The van der Waals surface area contributed by atoms with Crippen molar-refractivity contribution in [1.82, 2.24) is 13.9 Å². The third-order valence-corrected chi connectivity index (χ3v) is 8.80. The van der Waals surface area contributed by atoms with Gasteiger partial charge in [-0.1, -0.05) is 11.6 Å². The largest absolute Gasteiger partial charge is 0.475 e. The molecule has 7 rings (SSSR count). The van der Waals surface area contributed by atoms with Crippen molar-refractivity contribution in [2.24, 2.45) is 11.8 Å². The van der Waals surface area contributed by atoms with Crippen LogP contribution in [0, 0.1) is 23.2 Å². The highest BCUT2D eigenvalue weighted by molar-refractivity contribution is 7.00. The zero-order chi connectivity index (χ0) is 26.4.